The first-order valence-corrected chi connectivity index (χ1v) is 9.45. The van der Waals surface area contributed by atoms with Crippen molar-refractivity contribution >= 4 is 38.3 Å². The highest BCUT2D eigenvalue weighted by molar-refractivity contribution is 7.99. The third-order valence-corrected chi connectivity index (χ3v) is 5.92. The van der Waals surface area contributed by atoms with Gasteiger partial charge in [0.25, 0.3) is 0 Å². The lowest BCUT2D eigenvalue weighted by atomic mass is 10.0. The van der Waals surface area contributed by atoms with Crippen LogP contribution < -0.4 is 0 Å². The maximum absolute atomic E-state index is 13.1. The second-order valence-corrected chi connectivity index (χ2v) is 7.58. The molecule has 2 aromatic carbocycles. The van der Waals surface area contributed by atoms with Gasteiger partial charge in [0.15, 0.2) is 5.16 Å². The van der Waals surface area contributed by atoms with E-state index in [1.807, 2.05) is 28.7 Å². The Bertz CT molecular complexity index is 1070. The molecule has 4 nitrogen and oxygen atoms in total. The number of aliphatic hydroxyl groups excluding tert-OH is 1. The summed E-state index contributed by atoms with van der Waals surface area (Å²) in [6.45, 7) is 0. The van der Waals surface area contributed by atoms with Crippen LogP contribution in [0.2, 0.25) is 0 Å². The topological polar surface area (TPSA) is 50.4 Å². The number of thiazole rings is 1. The number of thioether (sulfide) groups is 1. The van der Waals surface area contributed by atoms with E-state index in [0.29, 0.717) is 10.1 Å². The van der Waals surface area contributed by atoms with Crippen molar-refractivity contribution < 1.29 is 18.3 Å². The molecule has 1 atom stereocenters. The van der Waals surface area contributed by atoms with E-state index in [9.17, 15) is 18.3 Å². The van der Waals surface area contributed by atoms with Crippen LogP contribution in [0, 0.1) is 0 Å². The minimum absolute atomic E-state index is 0.0397. The summed E-state index contributed by atoms with van der Waals surface area (Å²) in [5.41, 5.74) is -0.0194. The van der Waals surface area contributed by atoms with E-state index in [1.165, 1.54) is 41.3 Å². The lowest BCUT2D eigenvalue weighted by Gasteiger charge is -2.16. The molecule has 26 heavy (non-hydrogen) atoms. The molecule has 0 bridgehead atoms. The molecule has 0 aliphatic rings. The zero-order valence-electron chi connectivity index (χ0n) is 13.1. The Morgan fingerprint density at radius 3 is 2.62 bits per heavy atom. The van der Waals surface area contributed by atoms with Crippen molar-refractivity contribution in [3.63, 3.8) is 0 Å². The van der Waals surface area contributed by atoms with Crippen LogP contribution in [0.1, 0.15) is 17.2 Å². The molecule has 0 unspecified atom stereocenters. The van der Waals surface area contributed by atoms with Crippen LogP contribution >= 0.6 is 23.1 Å². The molecule has 0 fully saturated rings. The predicted octanol–water partition coefficient (Wildman–Crippen LogP) is 4.79. The van der Waals surface area contributed by atoms with Crippen LogP contribution in [0.25, 0.3) is 15.2 Å². The summed E-state index contributed by atoms with van der Waals surface area (Å²) in [6, 6.07) is 12.8. The molecular weight excluding hydrogens is 383 g/mol. The second-order valence-electron chi connectivity index (χ2n) is 5.58. The van der Waals surface area contributed by atoms with Gasteiger partial charge >= 0.3 is 6.18 Å². The second kappa shape index (κ2) is 6.57. The minimum Gasteiger partial charge on any atom is -0.388 e. The van der Waals surface area contributed by atoms with Gasteiger partial charge in [0.1, 0.15) is 0 Å². The molecule has 0 spiro atoms. The summed E-state index contributed by atoms with van der Waals surface area (Å²) in [5, 5.41) is 19.1. The van der Waals surface area contributed by atoms with Crippen molar-refractivity contribution in [1.29, 1.82) is 0 Å². The van der Waals surface area contributed by atoms with Crippen LogP contribution in [0.4, 0.5) is 13.2 Å². The average Bonchev–Trinajstić information content (AvgIpc) is 3.18. The molecule has 2 heterocycles. The van der Waals surface area contributed by atoms with E-state index in [0.717, 1.165) is 16.3 Å². The molecule has 0 saturated heterocycles. The third kappa shape index (κ3) is 3.06. The van der Waals surface area contributed by atoms with E-state index in [1.54, 1.807) is 0 Å². The Morgan fingerprint density at radius 2 is 1.81 bits per heavy atom. The fourth-order valence-corrected chi connectivity index (χ4v) is 4.66. The van der Waals surface area contributed by atoms with Gasteiger partial charge in [-0.2, -0.15) is 13.2 Å². The van der Waals surface area contributed by atoms with Crippen LogP contribution in [-0.2, 0) is 6.18 Å². The molecule has 0 radical (unpaired) electrons. The number of nitrogens with zero attached hydrogens (tertiary/aromatic N) is 3. The van der Waals surface area contributed by atoms with Crippen molar-refractivity contribution in [2.45, 2.75) is 17.4 Å². The van der Waals surface area contributed by atoms with Gasteiger partial charge < -0.3 is 5.11 Å². The Kier molecular flexibility index (Phi) is 4.37. The van der Waals surface area contributed by atoms with Crippen molar-refractivity contribution in [1.82, 2.24) is 14.6 Å². The Morgan fingerprint density at radius 1 is 1.08 bits per heavy atom. The highest BCUT2D eigenvalue weighted by Gasteiger charge is 2.34. The Balaban J connectivity index is 1.61. The van der Waals surface area contributed by atoms with Gasteiger partial charge in [-0.05, 0) is 23.8 Å². The molecule has 2 aromatic heterocycles. The number of alkyl halides is 3. The molecule has 0 saturated carbocycles. The summed E-state index contributed by atoms with van der Waals surface area (Å²) in [5.74, 6) is 0.0397. The van der Waals surface area contributed by atoms with Crippen molar-refractivity contribution in [3.8, 4) is 0 Å². The van der Waals surface area contributed by atoms with Gasteiger partial charge in [-0.25, -0.2) is 0 Å². The molecule has 9 heteroatoms. The number of aromatic nitrogens is 3. The molecule has 0 aliphatic carbocycles. The van der Waals surface area contributed by atoms with Gasteiger partial charge in [-0.15, -0.1) is 10.2 Å². The zero-order valence-corrected chi connectivity index (χ0v) is 14.8. The molecule has 4 aromatic rings. The summed E-state index contributed by atoms with van der Waals surface area (Å²) in [7, 11) is 0. The van der Waals surface area contributed by atoms with Crippen LogP contribution in [-0.4, -0.2) is 25.5 Å². The number of hydrogen-bond acceptors (Lipinski definition) is 5. The standard InChI is InChI=1S/C17H12F3N3OS2/c18-17(19,20)11-6-2-1-5-10(11)13(24)9-25-15-21-22-16-23(15)12-7-3-4-8-14(12)26-16/h1-8,13,24H,9H2/t13-/m1/s1. The van der Waals surface area contributed by atoms with E-state index in [4.69, 9.17) is 0 Å². The summed E-state index contributed by atoms with van der Waals surface area (Å²) in [4.78, 5) is 0.707. The highest BCUT2D eigenvalue weighted by atomic mass is 32.2. The number of aliphatic hydroxyl groups is 1. The van der Waals surface area contributed by atoms with E-state index < -0.39 is 17.8 Å². The van der Waals surface area contributed by atoms with Crippen LogP contribution in [0.5, 0.6) is 0 Å². The SMILES string of the molecule is O[C@H](CSc1nnc2sc3ccccc3n12)c1ccccc1C(F)(F)F. The molecule has 134 valence electrons. The number of halogens is 3. The smallest absolute Gasteiger partial charge is 0.388 e. The molecule has 4 rings (SSSR count). The maximum Gasteiger partial charge on any atom is 0.416 e. The fourth-order valence-electron chi connectivity index (χ4n) is 2.74. The first kappa shape index (κ1) is 17.3. The number of rotatable bonds is 4. The fraction of sp³-hybridized carbons (Fsp3) is 0.176. The first-order valence-electron chi connectivity index (χ1n) is 7.65. The first-order chi connectivity index (χ1) is 12.4. The van der Waals surface area contributed by atoms with Gasteiger partial charge in [0, 0.05) is 5.75 Å². The third-order valence-electron chi connectivity index (χ3n) is 3.91. The lowest BCUT2D eigenvalue weighted by molar-refractivity contribution is -0.139. The van der Waals surface area contributed by atoms with E-state index >= 15 is 0 Å². The Hall–Kier alpha value is -2.10. The number of hydrogen-bond donors (Lipinski definition) is 1. The molecule has 1 N–H and O–H groups in total. The Labute approximate surface area is 154 Å². The zero-order chi connectivity index (χ0) is 18.3. The van der Waals surface area contributed by atoms with Crippen LogP contribution in [0.15, 0.2) is 53.7 Å². The van der Waals surface area contributed by atoms with Gasteiger partial charge in [-0.1, -0.05) is 53.4 Å². The van der Waals surface area contributed by atoms with Gasteiger partial charge in [0.05, 0.1) is 21.9 Å². The number of para-hydroxylation sites is 1. The largest absolute Gasteiger partial charge is 0.416 e. The highest BCUT2D eigenvalue weighted by Crippen LogP contribution is 2.36. The average molecular weight is 395 g/mol. The summed E-state index contributed by atoms with van der Waals surface area (Å²) >= 11 is 2.66. The predicted molar refractivity (Wildman–Crippen MR) is 95.5 cm³/mol. The van der Waals surface area contributed by atoms with Gasteiger partial charge in [-0.3, -0.25) is 4.40 Å². The van der Waals surface area contributed by atoms with Crippen molar-refractivity contribution in [3.05, 3.63) is 59.7 Å². The number of fused-ring (bicyclic) bond motifs is 3. The van der Waals surface area contributed by atoms with E-state index in [-0.39, 0.29) is 11.3 Å². The molecule has 0 aliphatic heterocycles. The van der Waals surface area contributed by atoms with Gasteiger partial charge in [0.2, 0.25) is 4.96 Å². The number of benzene rings is 2. The monoisotopic (exact) mass is 395 g/mol. The minimum atomic E-state index is -4.51. The lowest BCUT2D eigenvalue weighted by Crippen LogP contribution is -2.13. The molecular formula is C17H12F3N3OS2. The summed E-state index contributed by atoms with van der Waals surface area (Å²) in [6.07, 6.45) is -5.77. The van der Waals surface area contributed by atoms with E-state index in [2.05, 4.69) is 10.2 Å². The summed E-state index contributed by atoms with van der Waals surface area (Å²) < 4.78 is 42.3. The maximum atomic E-state index is 13.1. The van der Waals surface area contributed by atoms with Crippen molar-refractivity contribution in [2.75, 3.05) is 5.75 Å². The van der Waals surface area contributed by atoms with Crippen LogP contribution in [0.3, 0.4) is 0 Å². The van der Waals surface area contributed by atoms with Crippen molar-refractivity contribution in [2.24, 2.45) is 0 Å². The quantitative estimate of drug-likeness (QED) is 0.505. The normalized spacial score (nSPS) is 13.5. The molecule has 0 amide bonds.